The monoisotopic (exact) mass is 288 g/mol. The van der Waals surface area contributed by atoms with Crippen LogP contribution in [0.4, 0.5) is 0 Å². The van der Waals surface area contributed by atoms with E-state index in [0.29, 0.717) is 11.7 Å². The van der Waals surface area contributed by atoms with Crippen LogP contribution in [0.25, 0.3) is 11.0 Å². The quantitative estimate of drug-likeness (QED) is 0.932. The van der Waals surface area contributed by atoms with Crippen molar-refractivity contribution in [2.24, 2.45) is 7.05 Å². The summed E-state index contributed by atoms with van der Waals surface area (Å²) in [5.41, 5.74) is 2.25. The fraction of sp³-hybridized carbons (Fsp3) is 0.533. The van der Waals surface area contributed by atoms with Gasteiger partial charge in [-0.3, -0.25) is 14.5 Å². The molecular weight excluding hydrogens is 268 g/mol. The van der Waals surface area contributed by atoms with E-state index in [1.54, 1.807) is 24.2 Å². The summed E-state index contributed by atoms with van der Waals surface area (Å²) in [7, 11) is 3.59. The lowest BCUT2D eigenvalue weighted by Crippen LogP contribution is -2.38. The van der Waals surface area contributed by atoms with Crippen molar-refractivity contribution < 1.29 is 9.53 Å². The van der Waals surface area contributed by atoms with Gasteiger partial charge < -0.3 is 10.1 Å². The third-order valence-corrected chi connectivity index (χ3v) is 4.20. The smallest absolute Gasteiger partial charge is 0.253 e. The number of carbonyl (C=O) groups is 1. The molecule has 21 heavy (non-hydrogen) atoms. The maximum Gasteiger partial charge on any atom is 0.253 e. The topological polar surface area (TPSA) is 69.0 Å². The van der Waals surface area contributed by atoms with Crippen molar-refractivity contribution in [1.29, 1.82) is 0 Å². The van der Waals surface area contributed by atoms with E-state index in [1.807, 2.05) is 13.1 Å². The second kappa shape index (κ2) is 5.81. The molecule has 0 aliphatic heterocycles. The molecule has 112 valence electrons. The number of rotatable bonds is 3. The largest absolute Gasteiger partial charge is 0.381 e. The van der Waals surface area contributed by atoms with Gasteiger partial charge in [0.15, 0.2) is 0 Å². The van der Waals surface area contributed by atoms with E-state index < -0.39 is 0 Å². The Morgan fingerprint density at radius 1 is 1.33 bits per heavy atom. The Morgan fingerprint density at radius 2 is 2.10 bits per heavy atom. The summed E-state index contributed by atoms with van der Waals surface area (Å²) in [5.74, 6) is -0.0635. The number of ether oxygens (including phenoxy) is 1. The van der Waals surface area contributed by atoms with Crippen LogP contribution < -0.4 is 5.32 Å². The lowest BCUT2D eigenvalue weighted by atomic mass is 9.93. The van der Waals surface area contributed by atoms with Crippen molar-refractivity contribution >= 4 is 16.9 Å². The molecule has 1 saturated carbocycles. The zero-order chi connectivity index (χ0) is 14.8. The molecule has 0 aromatic carbocycles. The molecular formula is C15H20N4O2. The Hall–Kier alpha value is -1.95. The molecule has 1 aliphatic carbocycles. The first-order valence-electron chi connectivity index (χ1n) is 7.29. The Kier molecular flexibility index (Phi) is 3.88. The zero-order valence-electron chi connectivity index (χ0n) is 12.4. The number of aryl methyl sites for hydroxylation is 1. The first-order chi connectivity index (χ1) is 10.2. The summed E-state index contributed by atoms with van der Waals surface area (Å²) >= 11 is 0. The number of hydrogen-bond donors (Lipinski definition) is 1. The molecule has 0 spiro atoms. The third-order valence-electron chi connectivity index (χ3n) is 4.20. The molecule has 6 nitrogen and oxygen atoms in total. The molecule has 0 saturated heterocycles. The van der Waals surface area contributed by atoms with Gasteiger partial charge in [-0.2, -0.15) is 5.10 Å². The number of amides is 1. The molecule has 1 fully saturated rings. The van der Waals surface area contributed by atoms with Gasteiger partial charge in [-0.25, -0.2) is 0 Å². The van der Waals surface area contributed by atoms with Crippen LogP contribution in [-0.2, 0) is 11.8 Å². The maximum atomic E-state index is 12.3. The Labute approximate surface area is 123 Å². The Morgan fingerprint density at radius 3 is 2.81 bits per heavy atom. The van der Waals surface area contributed by atoms with E-state index in [0.717, 1.165) is 36.7 Å². The van der Waals surface area contributed by atoms with E-state index in [-0.39, 0.29) is 11.9 Å². The average molecular weight is 288 g/mol. The molecule has 0 radical (unpaired) electrons. The highest BCUT2D eigenvalue weighted by molar-refractivity contribution is 5.96. The van der Waals surface area contributed by atoms with Crippen molar-refractivity contribution in [1.82, 2.24) is 20.1 Å². The minimum Gasteiger partial charge on any atom is -0.381 e. The second-order valence-corrected chi connectivity index (χ2v) is 5.58. The predicted octanol–water partition coefficient (Wildman–Crippen LogP) is 1.66. The molecule has 0 bridgehead atoms. The predicted molar refractivity (Wildman–Crippen MR) is 79.0 cm³/mol. The van der Waals surface area contributed by atoms with Crippen LogP contribution in [-0.4, -0.2) is 39.9 Å². The van der Waals surface area contributed by atoms with Crippen LogP contribution in [0.1, 0.15) is 36.0 Å². The first-order valence-corrected chi connectivity index (χ1v) is 7.29. The van der Waals surface area contributed by atoms with E-state index in [1.165, 1.54) is 0 Å². The minimum atomic E-state index is -0.0635. The van der Waals surface area contributed by atoms with E-state index >= 15 is 0 Å². The highest BCUT2D eigenvalue weighted by atomic mass is 16.5. The molecule has 0 unspecified atom stereocenters. The van der Waals surface area contributed by atoms with Crippen molar-refractivity contribution in [2.75, 3.05) is 7.11 Å². The minimum absolute atomic E-state index is 0.0635. The summed E-state index contributed by atoms with van der Waals surface area (Å²) in [6, 6.07) is 2.07. The molecule has 1 amide bonds. The number of fused-ring (bicyclic) bond motifs is 1. The van der Waals surface area contributed by atoms with Crippen LogP contribution >= 0.6 is 0 Å². The van der Waals surface area contributed by atoms with Gasteiger partial charge in [-0.05, 0) is 31.7 Å². The number of pyridine rings is 1. The normalized spacial score (nSPS) is 22.4. The third kappa shape index (κ3) is 2.90. The van der Waals surface area contributed by atoms with Gasteiger partial charge in [0.1, 0.15) is 5.52 Å². The fourth-order valence-electron chi connectivity index (χ4n) is 2.86. The number of aromatic nitrogens is 3. The molecule has 6 heteroatoms. The fourth-order valence-corrected chi connectivity index (χ4v) is 2.86. The number of nitrogens with one attached hydrogen (secondary N) is 1. The van der Waals surface area contributed by atoms with Crippen molar-refractivity contribution in [3.63, 3.8) is 0 Å². The van der Waals surface area contributed by atoms with Gasteiger partial charge in [0.05, 0.1) is 23.4 Å². The van der Waals surface area contributed by atoms with Crippen molar-refractivity contribution in [3.05, 3.63) is 24.0 Å². The molecule has 1 N–H and O–H groups in total. The first kappa shape index (κ1) is 14.0. The molecule has 2 aromatic heterocycles. The molecule has 0 atom stereocenters. The molecule has 3 rings (SSSR count). The van der Waals surface area contributed by atoms with Crippen LogP contribution in [0.5, 0.6) is 0 Å². The second-order valence-electron chi connectivity index (χ2n) is 5.58. The highest BCUT2D eigenvalue weighted by Crippen LogP contribution is 2.21. The summed E-state index contributed by atoms with van der Waals surface area (Å²) in [6.07, 6.45) is 7.58. The van der Waals surface area contributed by atoms with Gasteiger partial charge in [0.2, 0.25) is 0 Å². The summed E-state index contributed by atoms with van der Waals surface area (Å²) in [5, 5.41) is 7.23. The van der Waals surface area contributed by atoms with Crippen molar-refractivity contribution in [2.45, 2.75) is 37.8 Å². The standard InChI is InChI=1S/C15H20N4O2/c1-19-14-7-10(8-16-13(14)9-17-19)15(20)18-11-3-5-12(21-2)6-4-11/h7-9,11-12H,3-6H2,1-2H3,(H,18,20). The number of methoxy groups -OCH3 is 1. The molecule has 2 heterocycles. The average Bonchev–Trinajstić information content (AvgIpc) is 2.89. The van der Waals surface area contributed by atoms with Gasteiger partial charge in [0, 0.05) is 26.4 Å². The molecule has 2 aromatic rings. The summed E-state index contributed by atoms with van der Waals surface area (Å²) in [4.78, 5) is 16.6. The number of carbonyl (C=O) groups excluding carboxylic acids is 1. The van der Waals surface area contributed by atoms with Gasteiger partial charge in [-0.15, -0.1) is 0 Å². The van der Waals surface area contributed by atoms with Crippen molar-refractivity contribution in [3.8, 4) is 0 Å². The Bertz CT molecular complexity index is 644. The van der Waals surface area contributed by atoms with Crippen LogP contribution in [0.15, 0.2) is 18.5 Å². The van der Waals surface area contributed by atoms with Gasteiger partial charge in [0.25, 0.3) is 5.91 Å². The lowest BCUT2D eigenvalue weighted by molar-refractivity contribution is 0.0599. The summed E-state index contributed by atoms with van der Waals surface area (Å²) in [6.45, 7) is 0. The summed E-state index contributed by atoms with van der Waals surface area (Å²) < 4.78 is 7.07. The number of nitrogens with zero attached hydrogens (tertiary/aromatic N) is 3. The lowest BCUT2D eigenvalue weighted by Gasteiger charge is -2.28. The molecule has 1 aliphatic rings. The van der Waals surface area contributed by atoms with Crippen LogP contribution in [0.2, 0.25) is 0 Å². The number of hydrogen-bond acceptors (Lipinski definition) is 4. The van der Waals surface area contributed by atoms with E-state index in [4.69, 9.17) is 4.74 Å². The van der Waals surface area contributed by atoms with Crippen LogP contribution in [0, 0.1) is 0 Å². The van der Waals surface area contributed by atoms with E-state index in [2.05, 4.69) is 15.4 Å². The van der Waals surface area contributed by atoms with Gasteiger partial charge in [-0.1, -0.05) is 0 Å². The SMILES string of the molecule is COC1CCC(NC(=O)c2cnc3cnn(C)c3c2)CC1. The zero-order valence-corrected chi connectivity index (χ0v) is 12.4. The Balaban J connectivity index is 1.68. The van der Waals surface area contributed by atoms with Gasteiger partial charge >= 0.3 is 0 Å². The van der Waals surface area contributed by atoms with Crippen LogP contribution in [0.3, 0.4) is 0 Å². The highest BCUT2D eigenvalue weighted by Gasteiger charge is 2.22. The maximum absolute atomic E-state index is 12.3. The van der Waals surface area contributed by atoms with E-state index in [9.17, 15) is 4.79 Å².